The van der Waals surface area contributed by atoms with Crippen LogP contribution in [0.3, 0.4) is 0 Å². The van der Waals surface area contributed by atoms with Crippen LogP contribution in [0.5, 0.6) is 0 Å². The lowest BCUT2D eigenvalue weighted by Gasteiger charge is -2.14. The fraction of sp³-hybridized carbons (Fsp3) is 0.0526. The highest BCUT2D eigenvalue weighted by atomic mass is 35.5. The van der Waals surface area contributed by atoms with Crippen molar-refractivity contribution in [3.63, 3.8) is 0 Å². The van der Waals surface area contributed by atoms with Gasteiger partial charge in [-0.2, -0.15) is 18.4 Å². The summed E-state index contributed by atoms with van der Waals surface area (Å²) in [6.07, 6.45) is -4.67. The molecule has 0 fully saturated rings. The van der Waals surface area contributed by atoms with Gasteiger partial charge in [0.25, 0.3) is 0 Å². The van der Waals surface area contributed by atoms with Crippen LogP contribution in [0.1, 0.15) is 11.1 Å². The summed E-state index contributed by atoms with van der Waals surface area (Å²) in [5.74, 6) is 0. The minimum Gasteiger partial charge on any atom is -0.240 e. The Morgan fingerprint density at radius 2 is 1.65 bits per heavy atom. The lowest BCUT2D eigenvalue weighted by atomic mass is 10.1. The van der Waals surface area contributed by atoms with Crippen molar-refractivity contribution < 1.29 is 13.2 Å². The summed E-state index contributed by atoms with van der Waals surface area (Å²) in [5, 5.41) is 9.80. The first-order valence-electron chi connectivity index (χ1n) is 7.39. The van der Waals surface area contributed by atoms with Crippen molar-refractivity contribution in [2.75, 3.05) is 0 Å². The predicted octanol–water partition coefficient (Wildman–Crippen LogP) is 6.44. The summed E-state index contributed by atoms with van der Waals surface area (Å²) in [7, 11) is 0. The number of aromatic nitrogens is 1. The van der Waals surface area contributed by atoms with E-state index in [2.05, 4.69) is 4.98 Å². The molecule has 0 saturated carbocycles. The lowest BCUT2D eigenvalue weighted by Crippen LogP contribution is -2.10. The fourth-order valence-corrected chi connectivity index (χ4v) is 3.34. The molecule has 1 aromatic heterocycles. The average molecular weight is 391 g/mol. The van der Waals surface area contributed by atoms with Crippen LogP contribution in [0.15, 0.2) is 70.6 Å². The maximum Gasteiger partial charge on any atom is 0.417 e. The van der Waals surface area contributed by atoms with Gasteiger partial charge >= 0.3 is 6.18 Å². The van der Waals surface area contributed by atoms with Crippen molar-refractivity contribution in [2.45, 2.75) is 16.1 Å². The first-order chi connectivity index (χ1) is 12.4. The number of benzene rings is 2. The molecule has 0 bridgehead atoms. The number of nitrogens with zero attached hydrogens (tertiary/aromatic N) is 2. The highest BCUT2D eigenvalue weighted by Gasteiger charge is 2.36. The van der Waals surface area contributed by atoms with E-state index in [1.807, 2.05) is 0 Å². The van der Waals surface area contributed by atoms with Crippen molar-refractivity contribution in [1.82, 2.24) is 4.98 Å². The van der Waals surface area contributed by atoms with Crippen LogP contribution >= 0.6 is 23.4 Å². The third-order valence-electron chi connectivity index (χ3n) is 3.50. The van der Waals surface area contributed by atoms with Gasteiger partial charge in [0.15, 0.2) is 0 Å². The highest BCUT2D eigenvalue weighted by molar-refractivity contribution is 7.99. The maximum absolute atomic E-state index is 13.5. The van der Waals surface area contributed by atoms with E-state index in [0.29, 0.717) is 15.5 Å². The Hall–Kier alpha value is -2.49. The van der Waals surface area contributed by atoms with Crippen molar-refractivity contribution >= 4 is 23.4 Å². The SMILES string of the molecule is N#Cc1c(C(F)(F)F)cc(-c2ccc(Cl)cc2)nc1Sc1ccccc1. The van der Waals surface area contributed by atoms with E-state index in [1.54, 1.807) is 60.7 Å². The average Bonchev–Trinajstić information content (AvgIpc) is 2.62. The van der Waals surface area contributed by atoms with Crippen molar-refractivity contribution in [3.05, 3.63) is 76.8 Å². The second kappa shape index (κ2) is 7.40. The van der Waals surface area contributed by atoms with Gasteiger partial charge in [0, 0.05) is 15.5 Å². The van der Waals surface area contributed by atoms with Crippen LogP contribution < -0.4 is 0 Å². The quantitative estimate of drug-likeness (QED) is 0.516. The Balaban J connectivity index is 2.19. The molecular weight excluding hydrogens is 381 g/mol. The Morgan fingerprint density at radius 3 is 2.23 bits per heavy atom. The van der Waals surface area contributed by atoms with E-state index >= 15 is 0 Å². The molecule has 26 heavy (non-hydrogen) atoms. The lowest BCUT2D eigenvalue weighted by molar-refractivity contribution is -0.138. The number of halogens is 4. The number of alkyl halides is 3. The molecule has 1 heterocycles. The molecule has 7 heteroatoms. The summed E-state index contributed by atoms with van der Waals surface area (Å²) < 4.78 is 40.5. The Kier molecular flexibility index (Phi) is 5.21. The van der Waals surface area contributed by atoms with Crippen molar-refractivity contribution in [1.29, 1.82) is 5.26 Å². The molecule has 2 aromatic carbocycles. The third kappa shape index (κ3) is 4.01. The Morgan fingerprint density at radius 1 is 1.00 bits per heavy atom. The van der Waals surface area contributed by atoms with Gasteiger partial charge < -0.3 is 0 Å². The topological polar surface area (TPSA) is 36.7 Å². The molecule has 0 aliphatic rings. The van der Waals surface area contributed by atoms with Crippen LogP contribution in [-0.4, -0.2) is 4.98 Å². The van der Waals surface area contributed by atoms with Gasteiger partial charge in [0.05, 0.1) is 16.8 Å². The Labute approximate surface area is 157 Å². The fourth-order valence-electron chi connectivity index (χ4n) is 2.30. The first-order valence-corrected chi connectivity index (χ1v) is 8.59. The van der Waals surface area contributed by atoms with Crippen molar-refractivity contribution in [3.8, 4) is 17.3 Å². The van der Waals surface area contributed by atoms with E-state index < -0.39 is 17.3 Å². The number of nitriles is 1. The van der Waals surface area contributed by atoms with Crippen LogP contribution in [0.25, 0.3) is 11.3 Å². The zero-order valence-corrected chi connectivity index (χ0v) is 14.7. The van der Waals surface area contributed by atoms with Crippen LogP contribution in [-0.2, 0) is 6.18 Å². The normalized spacial score (nSPS) is 11.2. The van der Waals surface area contributed by atoms with E-state index in [1.165, 1.54) is 0 Å². The zero-order chi connectivity index (χ0) is 18.7. The maximum atomic E-state index is 13.5. The first kappa shape index (κ1) is 18.3. The number of pyridine rings is 1. The van der Waals surface area contributed by atoms with Gasteiger partial charge in [-0.25, -0.2) is 4.98 Å². The second-order valence-corrected chi connectivity index (χ2v) is 6.77. The summed E-state index contributed by atoms with van der Waals surface area (Å²) in [5.41, 5.74) is -0.867. The molecule has 0 N–H and O–H groups in total. The molecular formula is C19H10ClF3N2S. The van der Waals surface area contributed by atoms with Crippen LogP contribution in [0, 0.1) is 11.3 Å². The van der Waals surface area contributed by atoms with Crippen LogP contribution in [0.2, 0.25) is 5.02 Å². The van der Waals surface area contributed by atoms with Gasteiger partial charge in [0.2, 0.25) is 0 Å². The van der Waals surface area contributed by atoms with Gasteiger partial charge in [-0.3, -0.25) is 0 Å². The summed E-state index contributed by atoms with van der Waals surface area (Å²) in [6, 6.07) is 17.7. The smallest absolute Gasteiger partial charge is 0.240 e. The summed E-state index contributed by atoms with van der Waals surface area (Å²) >= 11 is 6.86. The van der Waals surface area contributed by atoms with Gasteiger partial charge in [-0.15, -0.1) is 0 Å². The molecule has 3 aromatic rings. The number of hydrogen-bond donors (Lipinski definition) is 0. The monoisotopic (exact) mass is 390 g/mol. The summed E-state index contributed by atoms with van der Waals surface area (Å²) in [6.45, 7) is 0. The molecule has 0 atom stereocenters. The predicted molar refractivity (Wildman–Crippen MR) is 95.0 cm³/mol. The third-order valence-corrected chi connectivity index (χ3v) is 4.75. The van der Waals surface area contributed by atoms with Crippen LogP contribution in [0.4, 0.5) is 13.2 Å². The standard InChI is InChI=1S/C19H10ClF3N2S/c20-13-8-6-12(7-9-13)17-10-16(19(21,22)23)15(11-24)18(25-17)26-14-4-2-1-3-5-14/h1-10H. The summed E-state index contributed by atoms with van der Waals surface area (Å²) in [4.78, 5) is 5.00. The van der Waals surface area contributed by atoms with E-state index in [9.17, 15) is 18.4 Å². The molecule has 0 radical (unpaired) electrons. The van der Waals surface area contributed by atoms with Gasteiger partial charge in [-0.05, 0) is 30.3 Å². The second-order valence-electron chi connectivity index (χ2n) is 5.27. The zero-order valence-electron chi connectivity index (χ0n) is 13.1. The van der Waals surface area contributed by atoms with E-state index in [-0.39, 0.29) is 10.7 Å². The molecule has 0 aliphatic heterocycles. The number of hydrogen-bond acceptors (Lipinski definition) is 3. The number of rotatable bonds is 3. The highest BCUT2D eigenvalue weighted by Crippen LogP contribution is 2.39. The minimum atomic E-state index is -4.67. The molecule has 130 valence electrons. The molecule has 0 unspecified atom stereocenters. The van der Waals surface area contributed by atoms with Gasteiger partial charge in [-0.1, -0.05) is 53.7 Å². The Bertz CT molecular complexity index is 965. The molecule has 0 spiro atoms. The van der Waals surface area contributed by atoms with E-state index in [0.717, 1.165) is 17.8 Å². The molecule has 0 aliphatic carbocycles. The minimum absolute atomic E-state index is 0.0125. The molecule has 0 saturated heterocycles. The van der Waals surface area contributed by atoms with Crippen molar-refractivity contribution in [2.24, 2.45) is 0 Å². The van der Waals surface area contributed by atoms with E-state index in [4.69, 9.17) is 11.6 Å². The van der Waals surface area contributed by atoms with Gasteiger partial charge in [0.1, 0.15) is 11.1 Å². The molecule has 2 nitrogen and oxygen atoms in total. The largest absolute Gasteiger partial charge is 0.417 e. The molecule has 3 rings (SSSR count). The molecule has 0 amide bonds.